The summed E-state index contributed by atoms with van der Waals surface area (Å²) in [6.07, 6.45) is -0.829. The molecule has 2 N–H and O–H groups in total. The smallest absolute Gasteiger partial charge is 0.121 e. The molecule has 0 amide bonds. The van der Waals surface area contributed by atoms with Gasteiger partial charge in [-0.2, -0.15) is 0 Å². The van der Waals surface area contributed by atoms with Crippen LogP contribution in [0.15, 0.2) is 18.2 Å². The first-order chi connectivity index (χ1) is 6.20. The Morgan fingerprint density at radius 3 is 3.00 bits per heavy atom. The minimum absolute atomic E-state index is 0.198. The Labute approximate surface area is 76.6 Å². The third kappa shape index (κ3) is 1.30. The molecular formula is C10H12O3. The van der Waals surface area contributed by atoms with Gasteiger partial charge in [-0.05, 0) is 18.6 Å². The summed E-state index contributed by atoms with van der Waals surface area (Å²) in [6, 6.07) is 5.15. The van der Waals surface area contributed by atoms with E-state index in [1.54, 1.807) is 12.1 Å². The van der Waals surface area contributed by atoms with Gasteiger partial charge in [-0.3, -0.25) is 0 Å². The second kappa shape index (κ2) is 3.01. The highest BCUT2D eigenvalue weighted by Gasteiger charge is 2.26. The van der Waals surface area contributed by atoms with Crippen molar-refractivity contribution in [2.75, 3.05) is 0 Å². The van der Waals surface area contributed by atoms with Crippen molar-refractivity contribution in [3.8, 4) is 5.75 Å². The normalized spacial score (nSPS) is 26.9. The Hall–Kier alpha value is -1.06. The third-order valence-corrected chi connectivity index (χ3v) is 2.44. The molecule has 1 aliphatic heterocycles. The molecule has 0 unspecified atom stereocenters. The van der Waals surface area contributed by atoms with Gasteiger partial charge in [0.1, 0.15) is 11.9 Å². The van der Waals surface area contributed by atoms with E-state index in [1.165, 1.54) is 0 Å². The fourth-order valence-electron chi connectivity index (χ4n) is 1.59. The van der Waals surface area contributed by atoms with E-state index in [2.05, 4.69) is 0 Å². The van der Waals surface area contributed by atoms with Gasteiger partial charge in [-0.15, -0.1) is 0 Å². The minimum Gasteiger partial charge on any atom is -0.508 e. The lowest BCUT2D eigenvalue weighted by Gasteiger charge is -2.28. The highest BCUT2D eigenvalue weighted by atomic mass is 16.5. The van der Waals surface area contributed by atoms with E-state index in [1.807, 2.05) is 13.0 Å². The van der Waals surface area contributed by atoms with Crippen LogP contribution < -0.4 is 0 Å². The molecule has 0 saturated heterocycles. The van der Waals surface area contributed by atoms with E-state index in [0.29, 0.717) is 12.2 Å². The maximum absolute atomic E-state index is 9.72. The molecule has 0 aromatic heterocycles. The lowest BCUT2D eigenvalue weighted by Crippen LogP contribution is -2.24. The fourth-order valence-corrected chi connectivity index (χ4v) is 1.59. The van der Waals surface area contributed by atoms with Crippen LogP contribution in [0.4, 0.5) is 0 Å². The van der Waals surface area contributed by atoms with E-state index in [0.717, 1.165) is 5.56 Å². The number of rotatable bonds is 0. The Bertz CT molecular complexity index is 322. The van der Waals surface area contributed by atoms with Crippen molar-refractivity contribution >= 4 is 0 Å². The van der Waals surface area contributed by atoms with Gasteiger partial charge in [-0.25, -0.2) is 0 Å². The summed E-state index contributed by atoms with van der Waals surface area (Å²) >= 11 is 0. The van der Waals surface area contributed by atoms with Crippen LogP contribution in [-0.4, -0.2) is 16.3 Å². The van der Waals surface area contributed by atoms with E-state index in [-0.39, 0.29) is 11.9 Å². The van der Waals surface area contributed by atoms with Crippen molar-refractivity contribution in [2.24, 2.45) is 0 Å². The van der Waals surface area contributed by atoms with Crippen LogP contribution in [0.1, 0.15) is 24.2 Å². The summed E-state index contributed by atoms with van der Waals surface area (Å²) in [5.74, 6) is 0.198. The van der Waals surface area contributed by atoms with Crippen LogP contribution in [0.2, 0.25) is 0 Å². The van der Waals surface area contributed by atoms with Crippen LogP contribution in [0.25, 0.3) is 0 Å². The number of phenols is 1. The van der Waals surface area contributed by atoms with Crippen LogP contribution in [0.3, 0.4) is 0 Å². The van der Waals surface area contributed by atoms with Crippen molar-refractivity contribution in [3.05, 3.63) is 29.3 Å². The zero-order valence-corrected chi connectivity index (χ0v) is 7.40. The summed E-state index contributed by atoms with van der Waals surface area (Å²) in [4.78, 5) is 0. The number of benzene rings is 1. The topological polar surface area (TPSA) is 49.7 Å². The minimum atomic E-state index is -0.629. The number of aliphatic hydroxyl groups excluding tert-OH is 1. The zero-order chi connectivity index (χ0) is 9.42. The molecule has 0 bridgehead atoms. The third-order valence-electron chi connectivity index (χ3n) is 2.44. The van der Waals surface area contributed by atoms with Crippen LogP contribution in [0.5, 0.6) is 5.75 Å². The highest BCUT2D eigenvalue weighted by Crippen LogP contribution is 2.33. The first kappa shape index (κ1) is 8.53. The van der Waals surface area contributed by atoms with Crippen molar-refractivity contribution in [3.63, 3.8) is 0 Å². The molecule has 0 aliphatic carbocycles. The molecule has 1 aromatic rings. The van der Waals surface area contributed by atoms with Crippen LogP contribution in [-0.2, 0) is 11.3 Å². The lowest BCUT2D eigenvalue weighted by atomic mass is 9.96. The molecule has 70 valence electrons. The molecule has 1 heterocycles. The van der Waals surface area contributed by atoms with Gasteiger partial charge in [0, 0.05) is 5.56 Å². The van der Waals surface area contributed by atoms with Crippen molar-refractivity contribution < 1.29 is 14.9 Å². The van der Waals surface area contributed by atoms with Crippen LogP contribution >= 0.6 is 0 Å². The molecule has 0 saturated carbocycles. The van der Waals surface area contributed by atoms with E-state index in [4.69, 9.17) is 4.74 Å². The second-order valence-corrected chi connectivity index (χ2v) is 3.31. The number of ether oxygens (including phenoxy) is 1. The largest absolute Gasteiger partial charge is 0.508 e. The van der Waals surface area contributed by atoms with Gasteiger partial charge in [0.15, 0.2) is 0 Å². The molecule has 3 nitrogen and oxygen atoms in total. The molecule has 1 aliphatic rings. The fraction of sp³-hybridized carbons (Fsp3) is 0.400. The molecule has 0 radical (unpaired) electrons. The molecule has 3 heteroatoms. The van der Waals surface area contributed by atoms with Gasteiger partial charge in [0.05, 0.1) is 12.7 Å². The highest BCUT2D eigenvalue weighted by molar-refractivity contribution is 5.41. The summed E-state index contributed by atoms with van der Waals surface area (Å²) in [5.41, 5.74) is 1.48. The zero-order valence-electron chi connectivity index (χ0n) is 7.40. The predicted octanol–water partition coefficient (Wildman–Crippen LogP) is 1.34. The number of hydrogen-bond acceptors (Lipinski definition) is 3. The Balaban J connectivity index is 2.49. The SMILES string of the molecule is C[C@@H]1OCc2c(O)cccc2[C@@H]1O. The van der Waals surface area contributed by atoms with Gasteiger partial charge < -0.3 is 14.9 Å². The van der Waals surface area contributed by atoms with Crippen LogP contribution in [0, 0.1) is 0 Å². The summed E-state index contributed by atoms with van der Waals surface area (Å²) in [5, 5.41) is 19.2. The van der Waals surface area contributed by atoms with E-state index in [9.17, 15) is 10.2 Å². The number of hydrogen-bond donors (Lipinski definition) is 2. The number of aromatic hydroxyl groups is 1. The van der Waals surface area contributed by atoms with Crippen molar-refractivity contribution in [1.82, 2.24) is 0 Å². The maximum Gasteiger partial charge on any atom is 0.121 e. The Morgan fingerprint density at radius 1 is 1.46 bits per heavy atom. The monoisotopic (exact) mass is 180 g/mol. The molecule has 2 atom stereocenters. The van der Waals surface area contributed by atoms with Gasteiger partial charge in [0.25, 0.3) is 0 Å². The van der Waals surface area contributed by atoms with Gasteiger partial charge in [0.2, 0.25) is 0 Å². The summed E-state index contributed by atoms with van der Waals surface area (Å²) < 4.78 is 5.29. The first-order valence-corrected chi connectivity index (χ1v) is 4.30. The molecule has 0 fully saturated rings. The van der Waals surface area contributed by atoms with Crippen molar-refractivity contribution in [1.29, 1.82) is 0 Å². The molecule has 0 spiro atoms. The van der Waals surface area contributed by atoms with Crippen molar-refractivity contribution in [2.45, 2.75) is 25.7 Å². The maximum atomic E-state index is 9.72. The Kier molecular flexibility index (Phi) is 1.98. The molecule has 2 rings (SSSR count). The molecule has 1 aromatic carbocycles. The number of phenolic OH excluding ortho intramolecular Hbond substituents is 1. The van der Waals surface area contributed by atoms with E-state index >= 15 is 0 Å². The number of aliphatic hydroxyl groups is 1. The second-order valence-electron chi connectivity index (χ2n) is 3.31. The molecule has 13 heavy (non-hydrogen) atoms. The van der Waals surface area contributed by atoms with Gasteiger partial charge in [-0.1, -0.05) is 12.1 Å². The predicted molar refractivity (Wildman–Crippen MR) is 47.3 cm³/mol. The van der Waals surface area contributed by atoms with Gasteiger partial charge >= 0.3 is 0 Å². The quantitative estimate of drug-likeness (QED) is 0.633. The van der Waals surface area contributed by atoms with E-state index < -0.39 is 6.10 Å². The Morgan fingerprint density at radius 2 is 2.23 bits per heavy atom. The standard InChI is InChI=1S/C10H12O3/c1-6-10(12)7-3-2-4-9(11)8(7)5-13-6/h2-4,6,10-12H,5H2,1H3/t6-,10+/m0/s1. The average Bonchev–Trinajstić information content (AvgIpc) is 2.12. The lowest BCUT2D eigenvalue weighted by molar-refractivity contribution is -0.0532. The number of fused-ring (bicyclic) bond motifs is 1. The molecular weight excluding hydrogens is 168 g/mol. The summed E-state index contributed by atoms with van der Waals surface area (Å²) in [6.45, 7) is 2.19. The average molecular weight is 180 g/mol. The first-order valence-electron chi connectivity index (χ1n) is 4.30. The summed E-state index contributed by atoms with van der Waals surface area (Å²) in [7, 11) is 0.